The number of hydrogen-bond donors (Lipinski definition) is 2. The number of aliphatic carboxylic acids is 1. The highest BCUT2D eigenvalue weighted by Gasteiger charge is 2.37. The topological polar surface area (TPSA) is 69.6 Å². The molecule has 1 unspecified atom stereocenters. The first kappa shape index (κ1) is 14.9. The zero-order valence-electron chi connectivity index (χ0n) is 10.9. The standard InChI is InChI=1S/C11H22N2O3/c1-7(2)12-9(14)8(3)13(6)11(4,5)10(15)16/h7-8H,1-6H3,(H,12,14)(H,15,16). The van der Waals surface area contributed by atoms with Gasteiger partial charge in [0.05, 0.1) is 6.04 Å². The summed E-state index contributed by atoms with van der Waals surface area (Å²) in [6.07, 6.45) is 0. The highest BCUT2D eigenvalue weighted by molar-refractivity contribution is 5.84. The van der Waals surface area contributed by atoms with Crippen molar-refractivity contribution < 1.29 is 14.7 Å². The van der Waals surface area contributed by atoms with Gasteiger partial charge in [0.2, 0.25) is 5.91 Å². The maximum Gasteiger partial charge on any atom is 0.323 e. The fraction of sp³-hybridized carbons (Fsp3) is 0.818. The molecule has 2 N–H and O–H groups in total. The molecule has 5 nitrogen and oxygen atoms in total. The molecule has 0 rings (SSSR count). The number of rotatable bonds is 5. The fourth-order valence-electron chi connectivity index (χ4n) is 1.22. The number of carbonyl (C=O) groups is 2. The molecule has 0 saturated heterocycles. The normalized spacial score (nSPS) is 14.0. The van der Waals surface area contributed by atoms with Crippen molar-refractivity contribution in [3.05, 3.63) is 0 Å². The summed E-state index contributed by atoms with van der Waals surface area (Å²) in [7, 11) is 1.64. The van der Waals surface area contributed by atoms with Crippen molar-refractivity contribution >= 4 is 11.9 Å². The highest BCUT2D eigenvalue weighted by Crippen LogP contribution is 2.15. The lowest BCUT2D eigenvalue weighted by Crippen LogP contribution is -2.56. The quantitative estimate of drug-likeness (QED) is 0.729. The molecule has 0 aromatic rings. The molecule has 1 amide bonds. The molecule has 0 fully saturated rings. The van der Waals surface area contributed by atoms with E-state index < -0.39 is 17.6 Å². The first-order chi connectivity index (χ1) is 7.10. The van der Waals surface area contributed by atoms with Crippen LogP contribution >= 0.6 is 0 Å². The number of nitrogens with one attached hydrogen (secondary N) is 1. The minimum atomic E-state index is -1.06. The zero-order valence-corrected chi connectivity index (χ0v) is 10.9. The lowest BCUT2D eigenvalue weighted by atomic mass is 10.0. The van der Waals surface area contributed by atoms with Crippen molar-refractivity contribution in [2.75, 3.05) is 7.05 Å². The Bertz CT molecular complexity index is 274. The van der Waals surface area contributed by atoms with E-state index in [0.717, 1.165) is 0 Å². The minimum absolute atomic E-state index is 0.0521. The van der Waals surface area contributed by atoms with Crippen LogP contribution in [-0.4, -0.2) is 46.6 Å². The summed E-state index contributed by atoms with van der Waals surface area (Å²) in [4.78, 5) is 24.3. The lowest BCUT2D eigenvalue weighted by Gasteiger charge is -2.35. The van der Waals surface area contributed by atoms with Gasteiger partial charge < -0.3 is 10.4 Å². The number of nitrogens with zero attached hydrogens (tertiary/aromatic N) is 1. The minimum Gasteiger partial charge on any atom is -0.480 e. The van der Waals surface area contributed by atoms with Crippen molar-refractivity contribution in [2.45, 2.75) is 52.2 Å². The molecular formula is C11H22N2O3. The smallest absolute Gasteiger partial charge is 0.323 e. The molecule has 0 aliphatic heterocycles. The number of carboxylic acid groups (broad SMARTS) is 1. The molecule has 0 heterocycles. The number of carboxylic acids is 1. The average Bonchev–Trinajstić information content (AvgIpc) is 2.13. The van der Waals surface area contributed by atoms with Crippen LogP contribution in [0.1, 0.15) is 34.6 Å². The Labute approximate surface area is 96.8 Å². The van der Waals surface area contributed by atoms with Crippen LogP contribution in [0.25, 0.3) is 0 Å². The van der Waals surface area contributed by atoms with Crippen LogP contribution in [-0.2, 0) is 9.59 Å². The van der Waals surface area contributed by atoms with Gasteiger partial charge in [-0.15, -0.1) is 0 Å². The Hall–Kier alpha value is -1.10. The number of likely N-dealkylation sites (N-methyl/N-ethyl adjacent to an activating group) is 1. The summed E-state index contributed by atoms with van der Waals surface area (Å²) in [5.41, 5.74) is -1.06. The highest BCUT2D eigenvalue weighted by atomic mass is 16.4. The third kappa shape index (κ3) is 3.48. The van der Waals surface area contributed by atoms with Gasteiger partial charge in [0.1, 0.15) is 5.54 Å². The van der Waals surface area contributed by atoms with Crippen molar-refractivity contribution in [3.8, 4) is 0 Å². The van der Waals surface area contributed by atoms with Crippen molar-refractivity contribution in [2.24, 2.45) is 0 Å². The summed E-state index contributed by atoms with van der Waals surface area (Å²) in [6, 6.07) is -0.426. The largest absolute Gasteiger partial charge is 0.480 e. The molecule has 0 saturated carbocycles. The van der Waals surface area contributed by atoms with E-state index in [0.29, 0.717) is 0 Å². The number of carbonyl (C=O) groups excluding carboxylic acids is 1. The average molecular weight is 230 g/mol. The van der Waals surface area contributed by atoms with Gasteiger partial charge in [0.25, 0.3) is 0 Å². The Morgan fingerprint density at radius 3 is 2.00 bits per heavy atom. The first-order valence-electron chi connectivity index (χ1n) is 5.37. The van der Waals surface area contributed by atoms with Gasteiger partial charge in [0.15, 0.2) is 0 Å². The summed E-state index contributed by atoms with van der Waals surface area (Å²) in [5.74, 6) is -1.11. The number of amides is 1. The van der Waals surface area contributed by atoms with Gasteiger partial charge in [-0.25, -0.2) is 0 Å². The molecule has 0 radical (unpaired) electrons. The third-order valence-electron chi connectivity index (χ3n) is 2.80. The van der Waals surface area contributed by atoms with Crippen molar-refractivity contribution in [3.63, 3.8) is 0 Å². The molecule has 1 atom stereocenters. The van der Waals surface area contributed by atoms with Gasteiger partial charge in [-0.2, -0.15) is 0 Å². The van der Waals surface area contributed by atoms with Crippen LogP contribution in [0.5, 0.6) is 0 Å². The van der Waals surface area contributed by atoms with E-state index >= 15 is 0 Å². The summed E-state index contributed by atoms with van der Waals surface area (Å²) >= 11 is 0. The van der Waals surface area contributed by atoms with Crippen LogP contribution in [0.2, 0.25) is 0 Å². The van der Waals surface area contributed by atoms with E-state index in [4.69, 9.17) is 5.11 Å². The fourth-order valence-corrected chi connectivity index (χ4v) is 1.22. The van der Waals surface area contributed by atoms with Crippen LogP contribution in [0, 0.1) is 0 Å². The second-order valence-corrected chi connectivity index (χ2v) is 4.81. The first-order valence-corrected chi connectivity index (χ1v) is 5.37. The van der Waals surface area contributed by atoms with E-state index in [1.807, 2.05) is 13.8 Å². The predicted octanol–water partition coefficient (Wildman–Crippen LogP) is 0.694. The number of hydrogen-bond acceptors (Lipinski definition) is 3. The Morgan fingerprint density at radius 2 is 1.69 bits per heavy atom. The molecule has 0 bridgehead atoms. The molecule has 0 aromatic heterocycles. The van der Waals surface area contributed by atoms with E-state index in [1.165, 1.54) is 0 Å². The molecular weight excluding hydrogens is 208 g/mol. The SMILES string of the molecule is CC(C)NC(=O)C(C)N(C)C(C)(C)C(=O)O. The van der Waals surface area contributed by atoms with Gasteiger partial charge in [-0.3, -0.25) is 14.5 Å². The Balaban J connectivity index is 4.67. The molecule has 94 valence electrons. The summed E-state index contributed by atoms with van der Waals surface area (Å²) < 4.78 is 0. The maximum absolute atomic E-state index is 11.7. The van der Waals surface area contributed by atoms with E-state index in [2.05, 4.69) is 5.32 Å². The molecule has 0 aliphatic rings. The summed E-state index contributed by atoms with van der Waals surface area (Å²) in [5, 5.41) is 11.8. The van der Waals surface area contributed by atoms with Gasteiger partial charge in [-0.05, 0) is 41.7 Å². The summed E-state index contributed by atoms with van der Waals surface area (Å²) in [6.45, 7) is 8.59. The maximum atomic E-state index is 11.7. The predicted molar refractivity (Wildman–Crippen MR) is 62.2 cm³/mol. The molecule has 16 heavy (non-hydrogen) atoms. The second-order valence-electron chi connectivity index (χ2n) is 4.81. The monoisotopic (exact) mass is 230 g/mol. The van der Waals surface area contributed by atoms with Crippen molar-refractivity contribution in [1.82, 2.24) is 10.2 Å². The van der Waals surface area contributed by atoms with Crippen LogP contribution < -0.4 is 5.32 Å². The third-order valence-corrected chi connectivity index (χ3v) is 2.80. The zero-order chi connectivity index (χ0) is 13.1. The van der Waals surface area contributed by atoms with E-state index in [9.17, 15) is 9.59 Å². The van der Waals surface area contributed by atoms with E-state index in [1.54, 1.807) is 32.7 Å². The van der Waals surface area contributed by atoms with Crippen LogP contribution in [0.3, 0.4) is 0 Å². The molecule has 0 aliphatic carbocycles. The molecule has 0 spiro atoms. The van der Waals surface area contributed by atoms with Gasteiger partial charge in [0, 0.05) is 6.04 Å². The second kappa shape index (κ2) is 5.30. The lowest BCUT2D eigenvalue weighted by molar-refractivity contribution is -0.151. The van der Waals surface area contributed by atoms with Crippen LogP contribution in [0.15, 0.2) is 0 Å². The van der Waals surface area contributed by atoms with E-state index in [-0.39, 0.29) is 11.9 Å². The van der Waals surface area contributed by atoms with Gasteiger partial charge >= 0.3 is 5.97 Å². The van der Waals surface area contributed by atoms with Gasteiger partial charge in [-0.1, -0.05) is 0 Å². The Kier molecular flexibility index (Phi) is 4.93. The molecule has 5 heteroatoms. The van der Waals surface area contributed by atoms with Crippen molar-refractivity contribution in [1.29, 1.82) is 0 Å². The van der Waals surface area contributed by atoms with Crippen LogP contribution in [0.4, 0.5) is 0 Å². The Morgan fingerprint density at radius 1 is 1.25 bits per heavy atom. The molecule has 0 aromatic carbocycles.